The zero-order valence-corrected chi connectivity index (χ0v) is 15.9. The second-order valence-corrected chi connectivity index (χ2v) is 6.82. The van der Waals surface area contributed by atoms with Crippen molar-refractivity contribution in [1.29, 1.82) is 0 Å². The molecule has 2 aromatic rings. The lowest BCUT2D eigenvalue weighted by atomic mass is 10.2. The molecule has 2 aromatic carbocycles. The number of rotatable bonds is 6. The molecule has 7 heteroatoms. The number of hydrogen-bond acceptors (Lipinski definition) is 4. The molecule has 28 heavy (non-hydrogen) atoms. The van der Waals surface area contributed by atoms with Gasteiger partial charge in [-0.1, -0.05) is 12.1 Å². The van der Waals surface area contributed by atoms with Gasteiger partial charge in [0, 0.05) is 31.9 Å². The maximum Gasteiger partial charge on any atom is 0.260 e. The van der Waals surface area contributed by atoms with Crippen LogP contribution in [0.15, 0.2) is 48.5 Å². The molecule has 2 amide bonds. The minimum atomic E-state index is -0.346. The summed E-state index contributed by atoms with van der Waals surface area (Å²) < 4.78 is 18.3. The van der Waals surface area contributed by atoms with Gasteiger partial charge in [-0.15, -0.1) is 0 Å². The van der Waals surface area contributed by atoms with Crippen LogP contribution >= 0.6 is 0 Å². The van der Waals surface area contributed by atoms with Crippen molar-refractivity contribution >= 4 is 17.5 Å². The predicted octanol–water partition coefficient (Wildman–Crippen LogP) is 2.30. The Hall–Kier alpha value is -2.93. The summed E-state index contributed by atoms with van der Waals surface area (Å²) in [7, 11) is 0. The third kappa shape index (κ3) is 5.79. The SMILES string of the molecule is Cc1cccc(NC(=O)CN2CCN(C(=O)COc3ccc(F)cc3)CC2)c1. The number of ether oxygens (including phenoxy) is 1. The van der Waals surface area contributed by atoms with Crippen molar-refractivity contribution in [2.24, 2.45) is 0 Å². The molecule has 6 nitrogen and oxygen atoms in total. The van der Waals surface area contributed by atoms with Crippen LogP contribution in [-0.4, -0.2) is 60.9 Å². The van der Waals surface area contributed by atoms with Crippen molar-refractivity contribution in [3.05, 3.63) is 59.9 Å². The summed E-state index contributed by atoms with van der Waals surface area (Å²) in [6, 6.07) is 13.2. The van der Waals surface area contributed by atoms with E-state index in [1.807, 2.05) is 36.1 Å². The number of aryl methyl sites for hydroxylation is 1. The van der Waals surface area contributed by atoms with E-state index in [1.165, 1.54) is 24.3 Å². The normalized spacial score (nSPS) is 14.6. The molecule has 1 fully saturated rings. The van der Waals surface area contributed by atoms with E-state index >= 15 is 0 Å². The highest BCUT2D eigenvalue weighted by molar-refractivity contribution is 5.92. The average Bonchev–Trinajstić information content (AvgIpc) is 2.68. The number of carbonyl (C=O) groups excluding carboxylic acids is 2. The van der Waals surface area contributed by atoms with Gasteiger partial charge in [-0.3, -0.25) is 14.5 Å². The highest BCUT2D eigenvalue weighted by Crippen LogP contribution is 2.12. The first-order valence-corrected chi connectivity index (χ1v) is 9.24. The predicted molar refractivity (Wildman–Crippen MR) is 105 cm³/mol. The number of benzene rings is 2. The lowest BCUT2D eigenvalue weighted by molar-refractivity contribution is -0.135. The molecular formula is C21H24FN3O3. The van der Waals surface area contributed by atoms with Crippen LogP contribution in [0, 0.1) is 12.7 Å². The molecule has 0 bridgehead atoms. The van der Waals surface area contributed by atoms with Gasteiger partial charge in [0.1, 0.15) is 11.6 Å². The van der Waals surface area contributed by atoms with Crippen LogP contribution in [0.3, 0.4) is 0 Å². The maximum absolute atomic E-state index is 12.9. The van der Waals surface area contributed by atoms with Gasteiger partial charge in [0.2, 0.25) is 5.91 Å². The van der Waals surface area contributed by atoms with Crippen molar-refractivity contribution in [2.75, 3.05) is 44.6 Å². The molecule has 3 rings (SSSR count). The highest BCUT2D eigenvalue weighted by atomic mass is 19.1. The summed E-state index contributed by atoms with van der Waals surface area (Å²) in [6.45, 7) is 4.53. The Balaban J connectivity index is 1.39. The topological polar surface area (TPSA) is 61.9 Å². The Kier molecular flexibility index (Phi) is 6.60. The first kappa shape index (κ1) is 19.8. The van der Waals surface area contributed by atoms with Crippen molar-refractivity contribution in [2.45, 2.75) is 6.92 Å². The zero-order chi connectivity index (χ0) is 19.9. The minimum absolute atomic E-state index is 0.0648. The molecule has 1 saturated heterocycles. The fourth-order valence-corrected chi connectivity index (χ4v) is 3.05. The summed E-state index contributed by atoms with van der Waals surface area (Å²) in [5.41, 5.74) is 1.88. The van der Waals surface area contributed by atoms with Gasteiger partial charge in [-0.2, -0.15) is 0 Å². The Labute approximate surface area is 163 Å². The van der Waals surface area contributed by atoms with Crippen LogP contribution in [0.5, 0.6) is 5.75 Å². The molecule has 0 aromatic heterocycles. The van der Waals surface area contributed by atoms with Gasteiger partial charge in [0.15, 0.2) is 6.61 Å². The van der Waals surface area contributed by atoms with Gasteiger partial charge >= 0.3 is 0 Å². The lowest BCUT2D eigenvalue weighted by Crippen LogP contribution is -2.51. The second kappa shape index (κ2) is 9.32. The molecule has 1 aliphatic rings. The number of anilines is 1. The summed E-state index contributed by atoms with van der Waals surface area (Å²) in [5.74, 6) is -0.0688. The van der Waals surface area contributed by atoms with E-state index in [0.717, 1.165) is 11.3 Å². The Morgan fingerprint density at radius 3 is 2.46 bits per heavy atom. The monoisotopic (exact) mass is 385 g/mol. The Morgan fingerprint density at radius 1 is 1.07 bits per heavy atom. The number of carbonyl (C=O) groups is 2. The summed E-state index contributed by atoms with van der Waals surface area (Å²) in [5, 5.41) is 2.90. The van der Waals surface area contributed by atoms with Gasteiger partial charge in [-0.05, 0) is 48.9 Å². The van der Waals surface area contributed by atoms with Crippen LogP contribution in [0.1, 0.15) is 5.56 Å². The number of nitrogens with zero attached hydrogens (tertiary/aromatic N) is 2. The molecule has 0 aliphatic carbocycles. The fourth-order valence-electron chi connectivity index (χ4n) is 3.05. The van der Waals surface area contributed by atoms with Gasteiger partial charge in [0.25, 0.3) is 5.91 Å². The number of piperazine rings is 1. The van der Waals surface area contributed by atoms with Crippen molar-refractivity contribution in [3.8, 4) is 5.75 Å². The van der Waals surface area contributed by atoms with Crippen LogP contribution in [0.25, 0.3) is 0 Å². The molecule has 1 aliphatic heterocycles. The molecule has 0 atom stereocenters. The van der Waals surface area contributed by atoms with E-state index in [9.17, 15) is 14.0 Å². The number of hydrogen-bond donors (Lipinski definition) is 1. The average molecular weight is 385 g/mol. The van der Waals surface area contributed by atoms with Crippen molar-refractivity contribution < 1.29 is 18.7 Å². The molecule has 1 N–H and O–H groups in total. The fraction of sp³-hybridized carbons (Fsp3) is 0.333. The number of amides is 2. The largest absolute Gasteiger partial charge is 0.484 e. The third-order valence-electron chi connectivity index (χ3n) is 4.57. The van der Waals surface area contributed by atoms with E-state index in [-0.39, 0.29) is 24.2 Å². The smallest absolute Gasteiger partial charge is 0.260 e. The van der Waals surface area contributed by atoms with Crippen LogP contribution < -0.4 is 10.1 Å². The zero-order valence-electron chi connectivity index (χ0n) is 15.9. The highest BCUT2D eigenvalue weighted by Gasteiger charge is 2.22. The molecule has 0 unspecified atom stereocenters. The van der Waals surface area contributed by atoms with E-state index < -0.39 is 0 Å². The number of nitrogens with one attached hydrogen (secondary N) is 1. The van der Waals surface area contributed by atoms with E-state index in [4.69, 9.17) is 4.74 Å². The second-order valence-electron chi connectivity index (χ2n) is 6.82. The first-order valence-electron chi connectivity index (χ1n) is 9.24. The molecule has 0 spiro atoms. The van der Waals surface area contributed by atoms with E-state index in [0.29, 0.717) is 38.5 Å². The molecule has 0 saturated carbocycles. The first-order chi connectivity index (χ1) is 13.5. The van der Waals surface area contributed by atoms with E-state index in [1.54, 1.807) is 4.90 Å². The maximum atomic E-state index is 12.9. The Bertz CT molecular complexity index is 818. The number of halogens is 1. The quantitative estimate of drug-likeness (QED) is 0.829. The summed E-state index contributed by atoms with van der Waals surface area (Å²) >= 11 is 0. The van der Waals surface area contributed by atoms with E-state index in [2.05, 4.69) is 5.32 Å². The Morgan fingerprint density at radius 2 is 1.79 bits per heavy atom. The summed E-state index contributed by atoms with van der Waals surface area (Å²) in [6.07, 6.45) is 0. The van der Waals surface area contributed by atoms with Crippen molar-refractivity contribution in [1.82, 2.24) is 9.80 Å². The molecule has 148 valence electrons. The van der Waals surface area contributed by atoms with Gasteiger partial charge in [0.05, 0.1) is 6.54 Å². The van der Waals surface area contributed by atoms with Crippen molar-refractivity contribution in [3.63, 3.8) is 0 Å². The summed E-state index contributed by atoms with van der Waals surface area (Å²) in [4.78, 5) is 28.2. The molecule has 1 heterocycles. The van der Waals surface area contributed by atoms with Gasteiger partial charge in [-0.25, -0.2) is 4.39 Å². The van der Waals surface area contributed by atoms with Crippen LogP contribution in [0.4, 0.5) is 10.1 Å². The van der Waals surface area contributed by atoms with Crippen LogP contribution in [-0.2, 0) is 9.59 Å². The van der Waals surface area contributed by atoms with Crippen LogP contribution in [0.2, 0.25) is 0 Å². The minimum Gasteiger partial charge on any atom is -0.484 e. The standard InChI is InChI=1S/C21H24FN3O3/c1-16-3-2-4-18(13-16)23-20(26)14-24-9-11-25(12-10-24)21(27)15-28-19-7-5-17(22)6-8-19/h2-8,13H,9-12,14-15H2,1H3,(H,23,26). The van der Waals surface area contributed by atoms with Gasteiger partial charge < -0.3 is 15.0 Å². The third-order valence-corrected chi connectivity index (χ3v) is 4.57. The molecule has 0 radical (unpaired) electrons. The lowest BCUT2D eigenvalue weighted by Gasteiger charge is -2.34. The molecular weight excluding hydrogens is 361 g/mol.